The van der Waals surface area contributed by atoms with E-state index in [9.17, 15) is 9.18 Å². The van der Waals surface area contributed by atoms with Gasteiger partial charge in [0.25, 0.3) is 0 Å². The summed E-state index contributed by atoms with van der Waals surface area (Å²) in [5.74, 6) is -0.698. The van der Waals surface area contributed by atoms with Crippen molar-refractivity contribution in [2.45, 2.75) is 26.7 Å². The monoisotopic (exact) mass is 316 g/mol. The molecule has 0 unspecified atom stereocenters. The van der Waals surface area contributed by atoms with Crippen molar-refractivity contribution in [2.75, 3.05) is 11.9 Å². The fourth-order valence-corrected chi connectivity index (χ4v) is 2.26. The van der Waals surface area contributed by atoms with Gasteiger partial charge in [-0.1, -0.05) is 19.9 Å². The minimum atomic E-state index is -0.637. The second kappa shape index (κ2) is 6.29. The third kappa shape index (κ3) is 2.90. The first-order chi connectivity index (χ1) is 8.50. The van der Waals surface area contributed by atoms with Gasteiger partial charge in [0.2, 0.25) is 5.91 Å². The summed E-state index contributed by atoms with van der Waals surface area (Å²) < 4.78 is 14.2. The first kappa shape index (κ1) is 15.1. The van der Waals surface area contributed by atoms with Crippen LogP contribution in [0.15, 0.2) is 22.7 Å². The number of carbonyl (C=O) groups excluding carboxylic acids is 1. The second-order valence-corrected chi connectivity index (χ2v) is 5.10. The van der Waals surface area contributed by atoms with Gasteiger partial charge in [-0.2, -0.15) is 0 Å². The average Bonchev–Trinajstić information content (AvgIpc) is 2.37. The van der Waals surface area contributed by atoms with E-state index in [0.717, 1.165) is 0 Å². The van der Waals surface area contributed by atoms with Crippen molar-refractivity contribution in [1.82, 2.24) is 0 Å². The van der Waals surface area contributed by atoms with Crippen molar-refractivity contribution in [2.24, 2.45) is 11.1 Å². The molecule has 18 heavy (non-hydrogen) atoms. The molecule has 0 saturated heterocycles. The van der Waals surface area contributed by atoms with Crippen LogP contribution in [0.4, 0.5) is 10.1 Å². The van der Waals surface area contributed by atoms with Crippen LogP contribution in [-0.2, 0) is 4.79 Å². The molecular formula is C13H18BrFN2O. The summed E-state index contributed by atoms with van der Waals surface area (Å²) in [7, 11) is 0. The van der Waals surface area contributed by atoms with Gasteiger partial charge in [0.05, 0.1) is 11.1 Å². The molecule has 0 fully saturated rings. The lowest BCUT2D eigenvalue weighted by Gasteiger charge is -2.28. The van der Waals surface area contributed by atoms with Crippen molar-refractivity contribution >= 4 is 27.5 Å². The average molecular weight is 317 g/mol. The van der Waals surface area contributed by atoms with Crippen LogP contribution in [0.3, 0.4) is 0 Å². The van der Waals surface area contributed by atoms with Crippen LogP contribution in [0, 0.1) is 11.2 Å². The quantitative estimate of drug-likeness (QED) is 0.875. The van der Waals surface area contributed by atoms with Gasteiger partial charge in [-0.15, -0.1) is 0 Å². The van der Waals surface area contributed by atoms with Gasteiger partial charge in [-0.05, 0) is 40.9 Å². The maximum Gasteiger partial charge on any atom is 0.231 e. The third-order valence-electron chi connectivity index (χ3n) is 3.43. The molecular weight excluding hydrogens is 299 g/mol. The van der Waals surface area contributed by atoms with Crippen LogP contribution >= 0.6 is 15.9 Å². The smallest absolute Gasteiger partial charge is 0.231 e. The van der Waals surface area contributed by atoms with E-state index in [-0.39, 0.29) is 18.1 Å². The van der Waals surface area contributed by atoms with Gasteiger partial charge in [0.15, 0.2) is 0 Å². The Hall–Kier alpha value is -0.940. The molecule has 0 aromatic heterocycles. The van der Waals surface area contributed by atoms with Crippen molar-refractivity contribution < 1.29 is 9.18 Å². The third-order valence-corrected chi connectivity index (χ3v) is 4.09. The number of hydrogen-bond acceptors (Lipinski definition) is 2. The number of amides is 1. The highest BCUT2D eigenvalue weighted by Crippen LogP contribution is 2.30. The van der Waals surface area contributed by atoms with E-state index in [4.69, 9.17) is 5.73 Å². The number of para-hydroxylation sites is 1. The zero-order chi connectivity index (χ0) is 13.8. The van der Waals surface area contributed by atoms with Gasteiger partial charge >= 0.3 is 0 Å². The lowest BCUT2D eigenvalue weighted by atomic mass is 9.81. The SMILES string of the molecule is CCC(CC)(CN)C(=O)Nc1c(F)cccc1Br. The fraction of sp³-hybridized carbons (Fsp3) is 0.462. The first-order valence-corrected chi connectivity index (χ1v) is 6.75. The van der Waals surface area contributed by atoms with Crippen LogP contribution < -0.4 is 11.1 Å². The Balaban J connectivity index is 3.00. The lowest BCUT2D eigenvalue weighted by molar-refractivity contribution is -0.125. The lowest BCUT2D eigenvalue weighted by Crippen LogP contribution is -2.41. The standard InChI is InChI=1S/C13H18BrFN2O/c1-3-13(4-2,8-16)12(18)17-11-9(14)6-5-7-10(11)15/h5-7H,3-4,8,16H2,1-2H3,(H,17,18). The predicted molar refractivity (Wildman–Crippen MR) is 74.8 cm³/mol. The van der Waals surface area contributed by atoms with Gasteiger partial charge < -0.3 is 11.1 Å². The number of carbonyl (C=O) groups is 1. The van der Waals surface area contributed by atoms with E-state index in [2.05, 4.69) is 21.2 Å². The molecule has 0 spiro atoms. The van der Waals surface area contributed by atoms with Gasteiger partial charge in [-0.25, -0.2) is 4.39 Å². The Morgan fingerprint density at radius 2 is 2.06 bits per heavy atom. The van der Waals surface area contributed by atoms with Crippen LogP contribution in [0.1, 0.15) is 26.7 Å². The summed E-state index contributed by atoms with van der Waals surface area (Å²) in [6.07, 6.45) is 1.25. The summed E-state index contributed by atoms with van der Waals surface area (Å²) in [4.78, 5) is 12.3. The second-order valence-electron chi connectivity index (χ2n) is 4.24. The molecule has 5 heteroatoms. The number of nitrogens with two attached hydrogens (primary N) is 1. The van der Waals surface area contributed by atoms with Crippen molar-refractivity contribution in [3.63, 3.8) is 0 Å². The Kier molecular flexibility index (Phi) is 5.28. The molecule has 0 bridgehead atoms. The topological polar surface area (TPSA) is 55.1 Å². The van der Waals surface area contributed by atoms with Crippen LogP contribution in [0.5, 0.6) is 0 Å². The number of anilines is 1. The van der Waals surface area contributed by atoms with Gasteiger partial charge in [-0.3, -0.25) is 4.79 Å². The van der Waals surface area contributed by atoms with E-state index in [1.54, 1.807) is 12.1 Å². The number of hydrogen-bond donors (Lipinski definition) is 2. The van der Waals surface area contributed by atoms with Gasteiger partial charge in [0.1, 0.15) is 5.82 Å². The highest BCUT2D eigenvalue weighted by molar-refractivity contribution is 9.10. The molecule has 3 N–H and O–H groups in total. The zero-order valence-electron chi connectivity index (χ0n) is 10.6. The number of halogens is 2. The minimum Gasteiger partial charge on any atom is -0.329 e. The minimum absolute atomic E-state index is 0.169. The summed E-state index contributed by atoms with van der Waals surface area (Å²) >= 11 is 3.22. The Morgan fingerprint density at radius 3 is 2.50 bits per heavy atom. The predicted octanol–water partition coefficient (Wildman–Crippen LogP) is 3.29. The molecule has 0 atom stereocenters. The highest BCUT2D eigenvalue weighted by Gasteiger charge is 2.34. The molecule has 0 heterocycles. The Bertz CT molecular complexity index is 404. The van der Waals surface area contributed by atoms with Gasteiger partial charge in [0, 0.05) is 11.0 Å². The number of nitrogens with one attached hydrogen (secondary N) is 1. The van der Waals surface area contributed by atoms with Crippen molar-refractivity contribution in [3.8, 4) is 0 Å². The zero-order valence-corrected chi connectivity index (χ0v) is 12.2. The van der Waals surface area contributed by atoms with E-state index >= 15 is 0 Å². The highest BCUT2D eigenvalue weighted by atomic mass is 79.9. The van der Waals surface area contributed by atoms with E-state index in [1.165, 1.54) is 6.07 Å². The Morgan fingerprint density at radius 1 is 1.44 bits per heavy atom. The molecule has 0 aliphatic heterocycles. The molecule has 0 aliphatic carbocycles. The van der Waals surface area contributed by atoms with Crippen molar-refractivity contribution in [1.29, 1.82) is 0 Å². The molecule has 1 rings (SSSR count). The van der Waals surface area contributed by atoms with E-state index < -0.39 is 11.2 Å². The van der Waals surface area contributed by atoms with Crippen LogP contribution in [0.25, 0.3) is 0 Å². The van der Waals surface area contributed by atoms with E-state index in [0.29, 0.717) is 17.3 Å². The summed E-state index contributed by atoms with van der Waals surface area (Å²) in [6, 6.07) is 4.56. The van der Waals surface area contributed by atoms with Crippen LogP contribution in [0.2, 0.25) is 0 Å². The van der Waals surface area contributed by atoms with E-state index in [1.807, 2.05) is 13.8 Å². The molecule has 0 saturated carbocycles. The number of rotatable bonds is 5. The van der Waals surface area contributed by atoms with Crippen LogP contribution in [-0.4, -0.2) is 12.5 Å². The molecule has 3 nitrogen and oxygen atoms in total. The summed E-state index contributed by atoms with van der Waals surface area (Å²) in [5, 5.41) is 2.63. The molecule has 1 aromatic rings. The normalized spacial score (nSPS) is 11.4. The van der Waals surface area contributed by atoms with Crippen molar-refractivity contribution in [3.05, 3.63) is 28.5 Å². The largest absolute Gasteiger partial charge is 0.329 e. The maximum atomic E-state index is 13.6. The molecule has 0 radical (unpaired) electrons. The maximum absolute atomic E-state index is 13.6. The Labute approximate surface area is 115 Å². The molecule has 100 valence electrons. The fourth-order valence-electron chi connectivity index (χ4n) is 1.82. The summed E-state index contributed by atoms with van der Waals surface area (Å²) in [6.45, 7) is 4.07. The molecule has 0 aliphatic rings. The molecule has 1 amide bonds. The number of benzene rings is 1. The summed E-state index contributed by atoms with van der Waals surface area (Å²) in [5.41, 5.74) is 5.22. The molecule has 1 aromatic carbocycles. The first-order valence-electron chi connectivity index (χ1n) is 5.96.